The van der Waals surface area contributed by atoms with E-state index in [2.05, 4.69) is 4.98 Å². The lowest BCUT2D eigenvalue weighted by Crippen LogP contribution is -2.01. The number of nitrogens with zero attached hydrogens (tertiary/aromatic N) is 2. The van der Waals surface area contributed by atoms with Crippen LogP contribution >= 0.6 is 34.8 Å². The van der Waals surface area contributed by atoms with Crippen LogP contribution in [0.15, 0.2) is 42.5 Å². The van der Waals surface area contributed by atoms with Gasteiger partial charge in [-0.05, 0) is 35.9 Å². The summed E-state index contributed by atoms with van der Waals surface area (Å²) < 4.78 is 29.5. The molecule has 22 heavy (non-hydrogen) atoms. The lowest BCUT2D eigenvalue weighted by molar-refractivity contribution is 0.588. The van der Waals surface area contributed by atoms with Crippen LogP contribution in [0.2, 0.25) is 15.5 Å². The fraction of sp³-hybridized carbons (Fsp3) is 0. The second-order valence-electron chi connectivity index (χ2n) is 4.40. The molecule has 0 saturated carbocycles. The molecule has 0 amide bonds. The number of para-hydroxylation sites is 1. The predicted molar refractivity (Wildman–Crippen MR) is 83.9 cm³/mol. The van der Waals surface area contributed by atoms with Gasteiger partial charge in [0.25, 0.3) is 0 Å². The van der Waals surface area contributed by atoms with Crippen molar-refractivity contribution in [2.24, 2.45) is 0 Å². The molecular weight excluding hydrogens is 353 g/mol. The quantitative estimate of drug-likeness (QED) is 0.567. The van der Waals surface area contributed by atoms with E-state index in [1.54, 1.807) is 24.3 Å². The maximum atomic E-state index is 14.1. The van der Waals surface area contributed by atoms with Crippen molar-refractivity contribution in [3.63, 3.8) is 0 Å². The topological polar surface area (TPSA) is 17.8 Å². The minimum absolute atomic E-state index is 0.00960. The molecule has 0 saturated heterocycles. The summed E-state index contributed by atoms with van der Waals surface area (Å²) in [5.74, 6) is -1.54. The van der Waals surface area contributed by atoms with Crippen molar-refractivity contribution in [1.82, 2.24) is 9.55 Å². The second-order valence-corrected chi connectivity index (χ2v) is 5.51. The van der Waals surface area contributed by atoms with Crippen molar-refractivity contribution in [3.8, 4) is 16.9 Å². The largest absolute Gasteiger partial charge is 0.280 e. The van der Waals surface area contributed by atoms with Gasteiger partial charge in [-0.3, -0.25) is 4.57 Å². The Morgan fingerprint density at radius 1 is 0.864 bits per heavy atom. The Morgan fingerprint density at radius 2 is 1.50 bits per heavy atom. The second kappa shape index (κ2) is 5.88. The number of imidazole rings is 1. The van der Waals surface area contributed by atoms with Crippen LogP contribution in [0, 0.1) is 11.6 Å². The van der Waals surface area contributed by atoms with Crippen LogP contribution < -0.4 is 0 Å². The molecule has 2 nitrogen and oxygen atoms in total. The van der Waals surface area contributed by atoms with Gasteiger partial charge >= 0.3 is 0 Å². The molecule has 0 unspecified atom stereocenters. The molecule has 0 aliphatic rings. The molecule has 0 spiro atoms. The molecule has 1 aromatic heterocycles. The number of hydrogen-bond donors (Lipinski definition) is 0. The fourth-order valence-electron chi connectivity index (χ4n) is 2.16. The SMILES string of the molecule is Fc1cccc(F)c1-c1c(Cl)nc(Cl)n1-c1ccccc1Cl. The lowest BCUT2D eigenvalue weighted by atomic mass is 10.1. The van der Waals surface area contributed by atoms with Gasteiger partial charge in [-0.1, -0.05) is 41.4 Å². The maximum Gasteiger partial charge on any atom is 0.209 e. The molecule has 0 radical (unpaired) electrons. The van der Waals surface area contributed by atoms with Crippen molar-refractivity contribution < 1.29 is 8.78 Å². The van der Waals surface area contributed by atoms with Crippen molar-refractivity contribution in [2.75, 3.05) is 0 Å². The van der Waals surface area contributed by atoms with E-state index in [0.717, 1.165) is 12.1 Å². The van der Waals surface area contributed by atoms with E-state index >= 15 is 0 Å². The summed E-state index contributed by atoms with van der Waals surface area (Å²) >= 11 is 18.3. The van der Waals surface area contributed by atoms with Crippen molar-refractivity contribution in [1.29, 1.82) is 0 Å². The number of hydrogen-bond acceptors (Lipinski definition) is 1. The molecule has 0 bridgehead atoms. The zero-order valence-corrected chi connectivity index (χ0v) is 13.1. The monoisotopic (exact) mass is 358 g/mol. The molecule has 0 aliphatic carbocycles. The van der Waals surface area contributed by atoms with E-state index < -0.39 is 11.6 Å². The van der Waals surface area contributed by atoms with Crippen LogP contribution in [-0.4, -0.2) is 9.55 Å². The minimum Gasteiger partial charge on any atom is -0.280 e. The third-order valence-corrected chi connectivity index (χ3v) is 3.92. The van der Waals surface area contributed by atoms with Gasteiger partial charge in [0.1, 0.15) is 11.6 Å². The summed E-state index contributed by atoms with van der Waals surface area (Å²) in [7, 11) is 0. The molecule has 0 N–H and O–H groups in total. The molecule has 1 heterocycles. The van der Waals surface area contributed by atoms with Gasteiger partial charge in [-0.2, -0.15) is 0 Å². The molecule has 0 atom stereocenters. The highest BCUT2D eigenvalue weighted by atomic mass is 35.5. The molecular formula is C15H7Cl3F2N2. The first-order valence-electron chi connectivity index (χ1n) is 6.13. The first-order valence-corrected chi connectivity index (χ1v) is 7.27. The normalized spacial score (nSPS) is 11.0. The average Bonchev–Trinajstić information content (AvgIpc) is 2.74. The summed E-state index contributed by atoms with van der Waals surface area (Å²) in [4.78, 5) is 3.89. The summed E-state index contributed by atoms with van der Waals surface area (Å²) in [6.07, 6.45) is 0. The van der Waals surface area contributed by atoms with E-state index in [9.17, 15) is 8.78 Å². The third-order valence-electron chi connectivity index (χ3n) is 3.09. The van der Waals surface area contributed by atoms with Crippen LogP contribution in [0.1, 0.15) is 0 Å². The first kappa shape index (κ1) is 15.3. The molecule has 3 aromatic rings. The van der Waals surface area contributed by atoms with E-state index in [0.29, 0.717) is 10.7 Å². The highest BCUT2D eigenvalue weighted by Gasteiger charge is 2.24. The third kappa shape index (κ3) is 2.47. The Kier molecular flexibility index (Phi) is 4.08. The molecule has 7 heteroatoms. The lowest BCUT2D eigenvalue weighted by Gasteiger charge is -2.12. The van der Waals surface area contributed by atoms with E-state index in [1.165, 1.54) is 10.6 Å². The highest BCUT2D eigenvalue weighted by Crippen LogP contribution is 2.38. The molecule has 0 aliphatic heterocycles. The maximum absolute atomic E-state index is 14.1. The van der Waals surface area contributed by atoms with Crippen LogP contribution in [0.3, 0.4) is 0 Å². The standard InChI is InChI=1S/C15H7Cl3F2N2/c16-8-4-1-2-7-11(8)22-13(14(17)21-15(22)18)12-9(19)5-3-6-10(12)20/h1-7H. The van der Waals surface area contributed by atoms with Crippen LogP contribution in [0.25, 0.3) is 16.9 Å². The predicted octanol–water partition coefficient (Wildman–Crippen LogP) is 5.78. The molecule has 0 fully saturated rings. The van der Waals surface area contributed by atoms with Gasteiger partial charge in [0.15, 0.2) is 5.15 Å². The Bertz CT molecular complexity index is 842. The Balaban J connectivity index is 2.38. The van der Waals surface area contributed by atoms with E-state index in [1.807, 2.05) is 0 Å². The van der Waals surface area contributed by atoms with Gasteiger partial charge in [0.2, 0.25) is 5.28 Å². The Hall–Kier alpha value is -1.62. The van der Waals surface area contributed by atoms with Crippen LogP contribution in [-0.2, 0) is 0 Å². The van der Waals surface area contributed by atoms with Gasteiger partial charge in [0, 0.05) is 0 Å². The summed E-state index contributed by atoms with van der Waals surface area (Å²) in [6.45, 7) is 0. The van der Waals surface area contributed by atoms with Crippen molar-refractivity contribution in [2.45, 2.75) is 0 Å². The van der Waals surface area contributed by atoms with Gasteiger partial charge in [-0.25, -0.2) is 13.8 Å². The summed E-state index contributed by atoms with van der Waals surface area (Å²) in [5.41, 5.74) is 0.119. The highest BCUT2D eigenvalue weighted by molar-refractivity contribution is 6.35. The Morgan fingerprint density at radius 3 is 2.14 bits per heavy atom. The Labute approximate surface area is 139 Å². The average molecular weight is 360 g/mol. The fourth-order valence-corrected chi connectivity index (χ4v) is 2.94. The smallest absolute Gasteiger partial charge is 0.209 e. The summed E-state index contributed by atoms with van der Waals surface area (Å²) in [5, 5.41) is 0.182. The van der Waals surface area contributed by atoms with Gasteiger partial charge < -0.3 is 0 Å². The van der Waals surface area contributed by atoms with Crippen LogP contribution in [0.4, 0.5) is 8.78 Å². The molecule has 2 aromatic carbocycles. The van der Waals surface area contributed by atoms with Crippen LogP contribution in [0.5, 0.6) is 0 Å². The number of aromatic nitrogens is 2. The van der Waals surface area contributed by atoms with Gasteiger partial charge in [-0.15, -0.1) is 0 Å². The van der Waals surface area contributed by atoms with E-state index in [4.69, 9.17) is 34.8 Å². The summed E-state index contributed by atoms with van der Waals surface area (Å²) in [6, 6.07) is 10.2. The zero-order valence-electron chi connectivity index (χ0n) is 10.8. The first-order chi connectivity index (χ1) is 10.5. The number of rotatable bonds is 2. The minimum atomic E-state index is -0.772. The van der Waals surface area contributed by atoms with Crippen molar-refractivity contribution >= 4 is 34.8 Å². The van der Waals surface area contributed by atoms with Crippen molar-refractivity contribution in [3.05, 3.63) is 69.6 Å². The zero-order chi connectivity index (χ0) is 15.9. The molecule has 112 valence electrons. The van der Waals surface area contributed by atoms with E-state index in [-0.39, 0.29) is 21.7 Å². The number of benzene rings is 2. The molecule has 3 rings (SSSR count). The number of halogens is 5. The van der Waals surface area contributed by atoms with Gasteiger partial charge in [0.05, 0.1) is 22.0 Å².